The van der Waals surface area contributed by atoms with Crippen LogP contribution in [-0.2, 0) is 4.79 Å². The Bertz CT molecular complexity index is 104. The van der Waals surface area contributed by atoms with E-state index >= 15 is 0 Å². The molecule has 3 heteroatoms. The van der Waals surface area contributed by atoms with Crippen LogP contribution in [-0.4, -0.2) is 15.5 Å². The molecule has 1 unspecified atom stereocenters. The Hall–Kier alpha value is 0.200. The van der Waals surface area contributed by atoms with Crippen LogP contribution in [0.3, 0.4) is 0 Å². The molecule has 60 valence electrons. The van der Waals surface area contributed by atoms with Gasteiger partial charge in [0, 0.05) is 4.43 Å². The molecular formula is C7H13IO2. The number of halogens is 1. The summed E-state index contributed by atoms with van der Waals surface area (Å²) in [5.41, 5.74) is 0. The molecule has 0 aliphatic heterocycles. The predicted octanol–water partition coefficient (Wildman–Crippen LogP) is 2.31. The number of carboxylic acid groups (broad SMARTS) is 1. The van der Waals surface area contributed by atoms with Crippen molar-refractivity contribution in [2.45, 2.75) is 26.2 Å². The fourth-order valence-corrected chi connectivity index (χ4v) is 1.53. The first kappa shape index (κ1) is 10.2. The lowest BCUT2D eigenvalue weighted by Gasteiger charge is -2.05. The SMILES string of the molecule is CCCCC(CI)C(=O)O. The van der Waals surface area contributed by atoms with Crippen molar-refractivity contribution < 1.29 is 9.90 Å². The number of hydrogen-bond acceptors (Lipinski definition) is 1. The largest absolute Gasteiger partial charge is 0.481 e. The van der Waals surface area contributed by atoms with E-state index in [1.54, 1.807) is 0 Å². The highest BCUT2D eigenvalue weighted by Gasteiger charge is 2.13. The first-order valence-corrected chi connectivity index (χ1v) is 5.03. The molecule has 0 bridgehead atoms. The van der Waals surface area contributed by atoms with Crippen molar-refractivity contribution in [2.24, 2.45) is 5.92 Å². The second-order valence-corrected chi connectivity index (χ2v) is 3.21. The average Bonchev–Trinajstić information content (AvgIpc) is 1.89. The standard InChI is InChI=1S/C7H13IO2/c1-2-3-4-6(5-8)7(9)10/h6H,2-5H2,1H3,(H,9,10). The lowest BCUT2D eigenvalue weighted by Crippen LogP contribution is -2.14. The van der Waals surface area contributed by atoms with Crippen molar-refractivity contribution in [1.29, 1.82) is 0 Å². The lowest BCUT2D eigenvalue weighted by molar-refractivity contribution is -0.141. The van der Waals surface area contributed by atoms with Crippen LogP contribution < -0.4 is 0 Å². The van der Waals surface area contributed by atoms with Crippen LogP contribution in [0.1, 0.15) is 26.2 Å². The Morgan fingerprint density at radius 2 is 2.30 bits per heavy atom. The quantitative estimate of drug-likeness (QED) is 0.605. The molecule has 0 amide bonds. The zero-order valence-corrected chi connectivity index (χ0v) is 8.30. The van der Waals surface area contributed by atoms with Gasteiger partial charge in [0.25, 0.3) is 0 Å². The molecule has 0 radical (unpaired) electrons. The normalized spacial score (nSPS) is 13.0. The highest BCUT2D eigenvalue weighted by Crippen LogP contribution is 2.11. The van der Waals surface area contributed by atoms with Gasteiger partial charge in [-0.1, -0.05) is 42.4 Å². The highest BCUT2D eigenvalue weighted by molar-refractivity contribution is 14.1. The molecule has 0 aliphatic carbocycles. The predicted molar refractivity (Wildman–Crippen MR) is 49.5 cm³/mol. The third-order valence-corrected chi connectivity index (χ3v) is 2.50. The van der Waals surface area contributed by atoms with Crippen molar-refractivity contribution in [3.8, 4) is 0 Å². The Balaban J connectivity index is 3.50. The topological polar surface area (TPSA) is 37.3 Å². The van der Waals surface area contributed by atoms with E-state index in [4.69, 9.17) is 5.11 Å². The second-order valence-electron chi connectivity index (χ2n) is 2.33. The zero-order valence-electron chi connectivity index (χ0n) is 6.14. The molecule has 10 heavy (non-hydrogen) atoms. The summed E-state index contributed by atoms with van der Waals surface area (Å²) in [6.07, 6.45) is 2.94. The summed E-state index contributed by atoms with van der Waals surface area (Å²) >= 11 is 2.12. The number of carboxylic acids is 1. The second kappa shape index (κ2) is 5.95. The first-order chi connectivity index (χ1) is 4.72. The summed E-state index contributed by atoms with van der Waals surface area (Å²) in [6.45, 7) is 2.08. The molecule has 0 saturated heterocycles. The van der Waals surface area contributed by atoms with Gasteiger partial charge in [-0.05, 0) is 6.42 Å². The number of aliphatic carboxylic acids is 1. The molecule has 1 atom stereocenters. The molecule has 2 nitrogen and oxygen atoms in total. The summed E-state index contributed by atoms with van der Waals surface area (Å²) in [7, 11) is 0. The molecule has 0 heterocycles. The summed E-state index contributed by atoms with van der Waals surface area (Å²) < 4.78 is 0.729. The molecule has 0 saturated carbocycles. The highest BCUT2D eigenvalue weighted by atomic mass is 127. The van der Waals surface area contributed by atoms with E-state index in [-0.39, 0.29) is 5.92 Å². The summed E-state index contributed by atoms with van der Waals surface area (Å²) in [6, 6.07) is 0. The van der Waals surface area contributed by atoms with Gasteiger partial charge < -0.3 is 5.11 Å². The van der Waals surface area contributed by atoms with E-state index in [1.807, 2.05) is 0 Å². The van der Waals surface area contributed by atoms with Crippen molar-refractivity contribution >= 4 is 28.6 Å². The van der Waals surface area contributed by atoms with E-state index in [9.17, 15) is 4.79 Å². The number of alkyl halides is 1. The number of hydrogen-bond donors (Lipinski definition) is 1. The van der Waals surface area contributed by atoms with Gasteiger partial charge in [-0.15, -0.1) is 0 Å². The third-order valence-electron chi connectivity index (χ3n) is 1.44. The molecule has 0 aromatic rings. The smallest absolute Gasteiger partial charge is 0.307 e. The van der Waals surface area contributed by atoms with Gasteiger partial charge in [0.05, 0.1) is 5.92 Å². The average molecular weight is 256 g/mol. The van der Waals surface area contributed by atoms with Crippen molar-refractivity contribution in [1.82, 2.24) is 0 Å². The van der Waals surface area contributed by atoms with Gasteiger partial charge in [-0.25, -0.2) is 0 Å². The Labute approximate surface area is 75.1 Å². The molecule has 0 rings (SSSR count). The van der Waals surface area contributed by atoms with Gasteiger partial charge >= 0.3 is 5.97 Å². The van der Waals surface area contributed by atoms with Crippen LogP contribution in [0.5, 0.6) is 0 Å². The fraction of sp³-hybridized carbons (Fsp3) is 0.857. The van der Waals surface area contributed by atoms with Crippen LogP contribution in [0.2, 0.25) is 0 Å². The Morgan fingerprint density at radius 1 is 1.70 bits per heavy atom. The van der Waals surface area contributed by atoms with Crippen LogP contribution >= 0.6 is 22.6 Å². The molecule has 0 aliphatic rings. The van der Waals surface area contributed by atoms with Crippen molar-refractivity contribution in [3.05, 3.63) is 0 Å². The van der Waals surface area contributed by atoms with E-state index in [0.717, 1.165) is 23.7 Å². The van der Waals surface area contributed by atoms with E-state index in [0.29, 0.717) is 0 Å². The molecule has 1 N–H and O–H groups in total. The van der Waals surface area contributed by atoms with Crippen LogP contribution in [0, 0.1) is 5.92 Å². The molecule has 0 spiro atoms. The molecule has 0 aromatic heterocycles. The summed E-state index contributed by atoms with van der Waals surface area (Å²) in [5.74, 6) is -0.775. The van der Waals surface area contributed by atoms with Gasteiger partial charge in [-0.3, -0.25) is 4.79 Å². The molecular weight excluding hydrogens is 243 g/mol. The van der Waals surface area contributed by atoms with Crippen LogP contribution in [0.25, 0.3) is 0 Å². The van der Waals surface area contributed by atoms with Crippen molar-refractivity contribution in [3.63, 3.8) is 0 Å². The van der Waals surface area contributed by atoms with Gasteiger partial charge in [0.1, 0.15) is 0 Å². The van der Waals surface area contributed by atoms with Gasteiger partial charge in [-0.2, -0.15) is 0 Å². The number of carbonyl (C=O) groups is 1. The molecule has 0 fully saturated rings. The number of rotatable bonds is 5. The van der Waals surface area contributed by atoms with E-state index in [1.165, 1.54) is 0 Å². The maximum atomic E-state index is 10.4. The fourth-order valence-electron chi connectivity index (χ4n) is 0.717. The van der Waals surface area contributed by atoms with Crippen LogP contribution in [0.4, 0.5) is 0 Å². The maximum Gasteiger partial charge on any atom is 0.307 e. The summed E-state index contributed by atoms with van der Waals surface area (Å²) in [4.78, 5) is 10.4. The lowest BCUT2D eigenvalue weighted by atomic mass is 10.1. The first-order valence-electron chi connectivity index (χ1n) is 3.51. The Kier molecular flexibility index (Phi) is 6.06. The van der Waals surface area contributed by atoms with Gasteiger partial charge in [0.15, 0.2) is 0 Å². The monoisotopic (exact) mass is 256 g/mol. The maximum absolute atomic E-state index is 10.4. The minimum Gasteiger partial charge on any atom is -0.481 e. The van der Waals surface area contributed by atoms with Crippen molar-refractivity contribution in [2.75, 3.05) is 4.43 Å². The van der Waals surface area contributed by atoms with Crippen LogP contribution in [0.15, 0.2) is 0 Å². The zero-order chi connectivity index (χ0) is 7.98. The van der Waals surface area contributed by atoms with E-state index in [2.05, 4.69) is 29.5 Å². The minimum atomic E-state index is -0.650. The van der Waals surface area contributed by atoms with Gasteiger partial charge in [0.2, 0.25) is 0 Å². The third kappa shape index (κ3) is 4.09. The van der Waals surface area contributed by atoms with E-state index < -0.39 is 5.97 Å². The Morgan fingerprint density at radius 3 is 2.60 bits per heavy atom. The number of unbranched alkanes of at least 4 members (excludes halogenated alkanes) is 1. The summed E-state index contributed by atoms with van der Waals surface area (Å²) in [5, 5.41) is 8.60. The molecule has 0 aromatic carbocycles. The minimum absolute atomic E-state index is 0.124.